The van der Waals surface area contributed by atoms with Crippen molar-refractivity contribution in [1.82, 2.24) is 14.1 Å². The molecular formula is C26H20N4O3. The molecule has 5 aromatic rings. The average Bonchev–Trinajstić information content (AvgIpc) is 3.21. The Morgan fingerprint density at radius 1 is 0.970 bits per heavy atom. The van der Waals surface area contributed by atoms with Crippen molar-refractivity contribution in [3.63, 3.8) is 0 Å². The van der Waals surface area contributed by atoms with E-state index in [-0.39, 0.29) is 11.2 Å². The van der Waals surface area contributed by atoms with Crippen LogP contribution in [0.5, 0.6) is 0 Å². The van der Waals surface area contributed by atoms with Crippen LogP contribution in [0.25, 0.3) is 39.6 Å². The Hall–Kier alpha value is -4.52. The number of rotatable bonds is 5. The van der Waals surface area contributed by atoms with Gasteiger partial charge in [-0.15, -0.1) is 0 Å². The molecule has 7 heteroatoms. The van der Waals surface area contributed by atoms with E-state index < -0.39 is 4.92 Å². The highest BCUT2D eigenvalue weighted by Gasteiger charge is 2.14. The summed E-state index contributed by atoms with van der Waals surface area (Å²) in [5, 5.41) is 12.9. The number of nitro benzene ring substituents is 1. The van der Waals surface area contributed by atoms with E-state index in [1.54, 1.807) is 36.4 Å². The molecule has 0 unspecified atom stereocenters. The van der Waals surface area contributed by atoms with Crippen LogP contribution in [0.3, 0.4) is 0 Å². The van der Waals surface area contributed by atoms with Crippen molar-refractivity contribution in [1.29, 1.82) is 0 Å². The summed E-state index contributed by atoms with van der Waals surface area (Å²) >= 11 is 0. The Bertz CT molecular complexity index is 1610. The molecule has 3 aromatic carbocycles. The lowest BCUT2D eigenvalue weighted by Gasteiger charge is -2.11. The first kappa shape index (κ1) is 20.4. The van der Waals surface area contributed by atoms with Gasteiger partial charge < -0.3 is 4.57 Å². The van der Waals surface area contributed by atoms with Gasteiger partial charge in [0.25, 0.3) is 11.2 Å². The maximum atomic E-state index is 13.4. The van der Waals surface area contributed by atoms with E-state index in [1.165, 1.54) is 16.7 Å². The van der Waals surface area contributed by atoms with Gasteiger partial charge in [-0.25, -0.2) is 4.98 Å². The van der Waals surface area contributed by atoms with E-state index >= 15 is 0 Å². The SMILES string of the molecule is CCn1cc(C=Cc2nc3ccccc3c(=O)n2-c2cccc([N+](=O)[O-])c2)c2ccccc21. The zero-order valence-corrected chi connectivity index (χ0v) is 17.9. The summed E-state index contributed by atoms with van der Waals surface area (Å²) in [6.07, 6.45) is 5.78. The minimum atomic E-state index is -0.474. The molecule has 0 saturated carbocycles. The van der Waals surface area contributed by atoms with Gasteiger partial charge in [-0.3, -0.25) is 19.5 Å². The fourth-order valence-corrected chi connectivity index (χ4v) is 4.09. The number of aromatic nitrogens is 3. The van der Waals surface area contributed by atoms with Crippen molar-refractivity contribution in [2.24, 2.45) is 0 Å². The van der Waals surface area contributed by atoms with E-state index in [9.17, 15) is 14.9 Å². The highest BCUT2D eigenvalue weighted by molar-refractivity contribution is 5.92. The van der Waals surface area contributed by atoms with Crippen LogP contribution in [-0.2, 0) is 6.54 Å². The van der Waals surface area contributed by atoms with Gasteiger partial charge in [-0.05, 0) is 43.3 Å². The van der Waals surface area contributed by atoms with Gasteiger partial charge in [0.2, 0.25) is 0 Å². The van der Waals surface area contributed by atoms with Gasteiger partial charge in [0, 0.05) is 41.3 Å². The molecule has 0 aliphatic rings. The summed E-state index contributed by atoms with van der Waals surface area (Å²) in [7, 11) is 0. The minimum Gasteiger partial charge on any atom is -0.347 e. The summed E-state index contributed by atoms with van der Waals surface area (Å²) in [6.45, 7) is 2.92. The Labute approximate surface area is 189 Å². The van der Waals surface area contributed by atoms with Gasteiger partial charge in [0.05, 0.1) is 21.5 Å². The number of benzene rings is 3. The van der Waals surface area contributed by atoms with Gasteiger partial charge in [0.15, 0.2) is 0 Å². The predicted molar refractivity (Wildman–Crippen MR) is 131 cm³/mol. The largest absolute Gasteiger partial charge is 0.347 e. The molecule has 0 amide bonds. The normalized spacial score (nSPS) is 11.5. The van der Waals surface area contributed by atoms with Crippen LogP contribution in [0.2, 0.25) is 0 Å². The number of nitro groups is 1. The van der Waals surface area contributed by atoms with Crippen LogP contribution in [0, 0.1) is 10.1 Å². The second kappa shape index (κ2) is 8.20. The number of para-hydroxylation sites is 2. The highest BCUT2D eigenvalue weighted by Crippen LogP contribution is 2.24. The lowest BCUT2D eigenvalue weighted by atomic mass is 10.1. The second-order valence-corrected chi connectivity index (χ2v) is 7.63. The van der Waals surface area contributed by atoms with Crippen molar-refractivity contribution in [3.8, 4) is 5.69 Å². The molecule has 0 saturated heterocycles. The first-order valence-corrected chi connectivity index (χ1v) is 10.6. The Kier molecular flexibility index (Phi) is 5.06. The third-order valence-electron chi connectivity index (χ3n) is 5.67. The smallest absolute Gasteiger partial charge is 0.271 e. The summed E-state index contributed by atoms with van der Waals surface area (Å²) in [4.78, 5) is 29.0. The third kappa shape index (κ3) is 3.59. The molecule has 33 heavy (non-hydrogen) atoms. The molecular weight excluding hydrogens is 416 g/mol. The molecule has 0 spiro atoms. The number of non-ortho nitro benzene ring substituents is 1. The minimum absolute atomic E-state index is 0.0893. The predicted octanol–water partition coefficient (Wildman–Crippen LogP) is 5.44. The molecule has 0 aliphatic carbocycles. The van der Waals surface area contributed by atoms with Gasteiger partial charge >= 0.3 is 0 Å². The van der Waals surface area contributed by atoms with E-state index in [0.29, 0.717) is 22.4 Å². The number of nitrogens with zero attached hydrogens (tertiary/aromatic N) is 4. The summed E-state index contributed by atoms with van der Waals surface area (Å²) < 4.78 is 3.58. The highest BCUT2D eigenvalue weighted by atomic mass is 16.6. The van der Waals surface area contributed by atoms with Crippen LogP contribution in [0.4, 0.5) is 5.69 Å². The molecule has 0 fully saturated rings. The van der Waals surface area contributed by atoms with Crippen molar-refractivity contribution < 1.29 is 4.92 Å². The Morgan fingerprint density at radius 3 is 2.52 bits per heavy atom. The molecule has 2 heterocycles. The number of hydrogen-bond donors (Lipinski definition) is 0. The molecule has 7 nitrogen and oxygen atoms in total. The zero-order valence-electron chi connectivity index (χ0n) is 17.9. The summed E-state index contributed by atoms with van der Waals surface area (Å²) in [5.74, 6) is 0.396. The molecule has 0 radical (unpaired) electrons. The number of aryl methyl sites for hydroxylation is 1. The zero-order chi connectivity index (χ0) is 22.9. The lowest BCUT2D eigenvalue weighted by Crippen LogP contribution is -2.22. The molecule has 0 atom stereocenters. The Morgan fingerprint density at radius 2 is 1.73 bits per heavy atom. The van der Waals surface area contributed by atoms with Crippen LogP contribution in [0.15, 0.2) is 83.8 Å². The van der Waals surface area contributed by atoms with Crippen LogP contribution < -0.4 is 5.56 Å². The fourth-order valence-electron chi connectivity index (χ4n) is 4.09. The monoisotopic (exact) mass is 436 g/mol. The average molecular weight is 436 g/mol. The van der Waals surface area contributed by atoms with E-state index in [4.69, 9.17) is 4.98 Å². The van der Waals surface area contributed by atoms with Crippen molar-refractivity contribution >= 4 is 39.6 Å². The van der Waals surface area contributed by atoms with E-state index in [1.807, 2.05) is 24.3 Å². The maximum Gasteiger partial charge on any atom is 0.271 e. The van der Waals surface area contributed by atoms with Gasteiger partial charge in [0.1, 0.15) is 5.82 Å². The van der Waals surface area contributed by atoms with Crippen LogP contribution >= 0.6 is 0 Å². The first-order chi connectivity index (χ1) is 16.1. The molecule has 0 bridgehead atoms. The van der Waals surface area contributed by atoms with Crippen LogP contribution in [0.1, 0.15) is 18.3 Å². The maximum absolute atomic E-state index is 13.4. The van der Waals surface area contributed by atoms with Crippen molar-refractivity contribution in [2.45, 2.75) is 13.5 Å². The van der Waals surface area contributed by atoms with Gasteiger partial charge in [-0.2, -0.15) is 0 Å². The van der Waals surface area contributed by atoms with Crippen LogP contribution in [-0.4, -0.2) is 19.0 Å². The number of fused-ring (bicyclic) bond motifs is 2. The number of hydrogen-bond acceptors (Lipinski definition) is 4. The molecule has 0 N–H and O–H groups in total. The Balaban J connectivity index is 1.73. The molecule has 2 aromatic heterocycles. The summed E-state index contributed by atoms with van der Waals surface area (Å²) in [5.41, 5.74) is 2.72. The van der Waals surface area contributed by atoms with E-state index in [2.05, 4.69) is 29.8 Å². The third-order valence-corrected chi connectivity index (χ3v) is 5.67. The standard InChI is InChI=1S/C26H20N4O3/c1-2-28-17-18(21-10-4-6-13-24(21)28)14-15-25-27-23-12-5-3-11-22(23)26(31)29(25)19-8-7-9-20(16-19)30(32)33/h3-17H,2H2,1H3. The first-order valence-electron chi connectivity index (χ1n) is 10.6. The quantitative estimate of drug-likeness (QED) is 0.271. The molecule has 5 rings (SSSR count). The van der Waals surface area contributed by atoms with Gasteiger partial charge in [-0.1, -0.05) is 36.4 Å². The van der Waals surface area contributed by atoms with Crippen molar-refractivity contribution in [3.05, 3.63) is 111 Å². The van der Waals surface area contributed by atoms with Crippen molar-refractivity contribution in [2.75, 3.05) is 0 Å². The second-order valence-electron chi connectivity index (χ2n) is 7.63. The van der Waals surface area contributed by atoms with E-state index in [0.717, 1.165) is 23.0 Å². The topological polar surface area (TPSA) is 83.0 Å². The fraction of sp³-hybridized carbons (Fsp3) is 0.0769. The summed E-state index contributed by atoms with van der Waals surface area (Å²) in [6, 6.07) is 21.3. The molecule has 0 aliphatic heterocycles. The lowest BCUT2D eigenvalue weighted by molar-refractivity contribution is -0.384. The molecule has 162 valence electrons.